The molecule has 0 aromatic carbocycles. The van der Waals surface area contributed by atoms with E-state index in [0.29, 0.717) is 24.2 Å². The summed E-state index contributed by atoms with van der Waals surface area (Å²) in [6, 6.07) is 0. The van der Waals surface area contributed by atoms with Crippen LogP contribution >= 0.6 is 0 Å². The van der Waals surface area contributed by atoms with Crippen molar-refractivity contribution >= 4 is 0 Å². The Kier molecular flexibility index (Phi) is 5.94. The van der Waals surface area contributed by atoms with E-state index in [1.807, 2.05) is 0 Å². The van der Waals surface area contributed by atoms with Crippen molar-refractivity contribution in [2.75, 3.05) is 13.7 Å². The summed E-state index contributed by atoms with van der Waals surface area (Å²) in [7, 11) is 1.69. The molecule has 2 N–H and O–H groups in total. The standard InChI is InChI=1S/C14H27N3O2/c1-6-14(7-2,18-5)13-16-12(19-17-13)11(9-15)8-10(3)4/h10-11H,6-9,15H2,1-5H3. The molecule has 19 heavy (non-hydrogen) atoms. The maximum Gasteiger partial charge on any atom is 0.231 e. The maximum absolute atomic E-state index is 5.81. The van der Waals surface area contributed by atoms with Crippen LogP contribution in [0.15, 0.2) is 4.52 Å². The number of hydrogen-bond acceptors (Lipinski definition) is 5. The van der Waals surface area contributed by atoms with Gasteiger partial charge < -0.3 is 15.0 Å². The molecule has 0 saturated carbocycles. The number of ether oxygens (including phenoxy) is 1. The predicted octanol–water partition coefficient (Wildman–Crippen LogP) is 2.82. The number of nitrogens with two attached hydrogens (primary N) is 1. The molecule has 0 spiro atoms. The number of aromatic nitrogens is 2. The van der Waals surface area contributed by atoms with E-state index in [1.165, 1.54) is 0 Å². The minimum atomic E-state index is -0.446. The Bertz CT molecular complexity index is 364. The van der Waals surface area contributed by atoms with Crippen molar-refractivity contribution in [3.63, 3.8) is 0 Å². The molecule has 1 atom stereocenters. The van der Waals surface area contributed by atoms with E-state index in [-0.39, 0.29) is 5.92 Å². The summed E-state index contributed by atoms with van der Waals surface area (Å²) < 4.78 is 11.0. The Morgan fingerprint density at radius 3 is 2.37 bits per heavy atom. The SMILES string of the molecule is CCC(CC)(OC)c1noc(C(CN)CC(C)C)n1. The molecule has 5 heteroatoms. The monoisotopic (exact) mass is 269 g/mol. The van der Waals surface area contributed by atoms with Gasteiger partial charge in [-0.1, -0.05) is 32.9 Å². The summed E-state index contributed by atoms with van der Waals surface area (Å²) in [4.78, 5) is 4.54. The van der Waals surface area contributed by atoms with Gasteiger partial charge in [0.25, 0.3) is 0 Å². The van der Waals surface area contributed by atoms with Crippen molar-refractivity contribution in [1.82, 2.24) is 10.1 Å². The molecule has 1 aromatic heterocycles. The molecular weight excluding hydrogens is 242 g/mol. The van der Waals surface area contributed by atoms with Crippen molar-refractivity contribution < 1.29 is 9.26 Å². The van der Waals surface area contributed by atoms with Crippen LogP contribution in [0.2, 0.25) is 0 Å². The Hall–Kier alpha value is -0.940. The predicted molar refractivity (Wildman–Crippen MR) is 74.8 cm³/mol. The van der Waals surface area contributed by atoms with Crippen LogP contribution in [0.25, 0.3) is 0 Å². The molecule has 1 heterocycles. The summed E-state index contributed by atoms with van der Waals surface area (Å²) >= 11 is 0. The van der Waals surface area contributed by atoms with Gasteiger partial charge in [-0.2, -0.15) is 4.98 Å². The first-order chi connectivity index (χ1) is 9.02. The van der Waals surface area contributed by atoms with Crippen LogP contribution in [0.5, 0.6) is 0 Å². The van der Waals surface area contributed by atoms with Gasteiger partial charge in [0.05, 0.1) is 5.92 Å². The highest BCUT2D eigenvalue weighted by molar-refractivity contribution is 5.03. The molecule has 1 aromatic rings. The van der Waals surface area contributed by atoms with E-state index in [9.17, 15) is 0 Å². The summed E-state index contributed by atoms with van der Waals surface area (Å²) in [6.45, 7) is 8.99. The fraction of sp³-hybridized carbons (Fsp3) is 0.857. The van der Waals surface area contributed by atoms with Crippen molar-refractivity contribution in [2.45, 2.75) is 58.5 Å². The van der Waals surface area contributed by atoms with Crippen molar-refractivity contribution in [3.05, 3.63) is 11.7 Å². The molecule has 0 saturated heterocycles. The van der Waals surface area contributed by atoms with Crippen molar-refractivity contribution in [3.8, 4) is 0 Å². The minimum absolute atomic E-state index is 0.129. The lowest BCUT2D eigenvalue weighted by Crippen LogP contribution is -2.28. The lowest BCUT2D eigenvalue weighted by molar-refractivity contribution is -0.0306. The van der Waals surface area contributed by atoms with E-state index in [1.54, 1.807) is 7.11 Å². The molecule has 0 aliphatic carbocycles. The van der Waals surface area contributed by atoms with Crippen molar-refractivity contribution in [1.29, 1.82) is 0 Å². The highest BCUT2D eigenvalue weighted by Gasteiger charge is 2.34. The van der Waals surface area contributed by atoms with Gasteiger partial charge >= 0.3 is 0 Å². The van der Waals surface area contributed by atoms with E-state index < -0.39 is 5.60 Å². The highest BCUT2D eigenvalue weighted by Crippen LogP contribution is 2.31. The van der Waals surface area contributed by atoms with Crippen LogP contribution in [-0.4, -0.2) is 23.8 Å². The van der Waals surface area contributed by atoms with E-state index in [2.05, 4.69) is 37.8 Å². The summed E-state index contributed by atoms with van der Waals surface area (Å²) in [5.74, 6) is 1.95. The molecule has 1 rings (SSSR count). The molecule has 0 aliphatic rings. The fourth-order valence-corrected chi connectivity index (χ4v) is 2.40. The molecule has 0 amide bonds. The third kappa shape index (κ3) is 3.54. The lowest BCUT2D eigenvalue weighted by atomic mass is 9.95. The first-order valence-corrected chi connectivity index (χ1v) is 7.12. The normalized spacial score (nSPS) is 14.1. The summed E-state index contributed by atoms with van der Waals surface area (Å²) in [6.07, 6.45) is 2.59. The number of nitrogens with zero attached hydrogens (tertiary/aromatic N) is 2. The highest BCUT2D eigenvalue weighted by atomic mass is 16.5. The first kappa shape index (κ1) is 16.1. The van der Waals surface area contributed by atoms with Gasteiger partial charge in [-0.15, -0.1) is 0 Å². The largest absolute Gasteiger partial charge is 0.370 e. The van der Waals surface area contributed by atoms with Gasteiger partial charge in [-0.05, 0) is 25.2 Å². The van der Waals surface area contributed by atoms with E-state index in [4.69, 9.17) is 15.0 Å². The van der Waals surface area contributed by atoms with Crippen LogP contribution in [0.3, 0.4) is 0 Å². The number of rotatable bonds is 8. The van der Waals surface area contributed by atoms with Gasteiger partial charge in [0.15, 0.2) is 0 Å². The zero-order valence-electron chi connectivity index (χ0n) is 12.8. The molecule has 1 unspecified atom stereocenters. The Balaban J connectivity index is 2.97. The number of hydrogen-bond donors (Lipinski definition) is 1. The minimum Gasteiger partial charge on any atom is -0.370 e. The zero-order chi connectivity index (χ0) is 14.5. The fourth-order valence-electron chi connectivity index (χ4n) is 2.40. The van der Waals surface area contributed by atoms with Gasteiger partial charge in [0.1, 0.15) is 5.60 Å². The van der Waals surface area contributed by atoms with Crippen LogP contribution in [-0.2, 0) is 10.3 Å². The average Bonchev–Trinajstić information content (AvgIpc) is 2.88. The van der Waals surface area contributed by atoms with Crippen molar-refractivity contribution in [2.24, 2.45) is 11.7 Å². The average molecular weight is 269 g/mol. The Labute approximate surface area is 115 Å². The van der Waals surface area contributed by atoms with Gasteiger partial charge in [0.2, 0.25) is 11.7 Å². The second-order valence-electron chi connectivity index (χ2n) is 5.42. The topological polar surface area (TPSA) is 74.2 Å². The third-order valence-electron chi connectivity index (χ3n) is 3.77. The first-order valence-electron chi connectivity index (χ1n) is 7.12. The smallest absolute Gasteiger partial charge is 0.231 e. The molecular formula is C14H27N3O2. The summed E-state index contributed by atoms with van der Waals surface area (Å²) in [5.41, 5.74) is 5.36. The van der Waals surface area contributed by atoms with E-state index in [0.717, 1.165) is 19.3 Å². The lowest BCUT2D eigenvalue weighted by Gasteiger charge is -2.26. The molecule has 110 valence electrons. The summed E-state index contributed by atoms with van der Waals surface area (Å²) in [5, 5.41) is 4.11. The van der Waals surface area contributed by atoms with Crippen LogP contribution in [0, 0.1) is 5.92 Å². The molecule has 0 radical (unpaired) electrons. The third-order valence-corrected chi connectivity index (χ3v) is 3.77. The maximum atomic E-state index is 5.81. The quantitative estimate of drug-likeness (QED) is 0.785. The van der Waals surface area contributed by atoms with Crippen LogP contribution in [0.1, 0.15) is 64.6 Å². The van der Waals surface area contributed by atoms with Crippen LogP contribution < -0.4 is 5.73 Å². The molecule has 0 bridgehead atoms. The Morgan fingerprint density at radius 1 is 1.32 bits per heavy atom. The second kappa shape index (κ2) is 7.01. The van der Waals surface area contributed by atoms with Gasteiger partial charge in [0, 0.05) is 13.7 Å². The van der Waals surface area contributed by atoms with Crippen LogP contribution in [0.4, 0.5) is 0 Å². The zero-order valence-corrected chi connectivity index (χ0v) is 12.8. The molecule has 0 fully saturated rings. The molecule has 5 nitrogen and oxygen atoms in total. The van der Waals surface area contributed by atoms with Gasteiger partial charge in [-0.3, -0.25) is 0 Å². The Morgan fingerprint density at radius 2 is 1.95 bits per heavy atom. The van der Waals surface area contributed by atoms with E-state index >= 15 is 0 Å². The van der Waals surface area contributed by atoms with Gasteiger partial charge in [-0.25, -0.2) is 0 Å². The molecule has 0 aliphatic heterocycles. The number of methoxy groups -OCH3 is 1. The second-order valence-corrected chi connectivity index (χ2v) is 5.42.